The second-order valence-corrected chi connectivity index (χ2v) is 5.64. The molecule has 1 unspecified atom stereocenters. The Bertz CT molecular complexity index is 349. The highest BCUT2D eigenvalue weighted by Crippen LogP contribution is 2.26. The molecule has 6 nitrogen and oxygen atoms in total. The average molecular weight is 284 g/mol. The van der Waals surface area contributed by atoms with Crippen molar-refractivity contribution in [3.63, 3.8) is 0 Å². The van der Waals surface area contributed by atoms with Crippen LogP contribution in [0.25, 0.3) is 0 Å². The SMILES string of the molecule is CCN(CC(=O)O)C1CC(NC(=O)C2CCCCO2)C1. The number of aliphatic carboxylic acids is 1. The van der Waals surface area contributed by atoms with E-state index in [2.05, 4.69) is 5.32 Å². The summed E-state index contributed by atoms with van der Waals surface area (Å²) in [5.41, 5.74) is 0. The van der Waals surface area contributed by atoms with Gasteiger partial charge in [-0.25, -0.2) is 0 Å². The molecule has 0 bridgehead atoms. The van der Waals surface area contributed by atoms with E-state index in [0.717, 1.165) is 38.6 Å². The van der Waals surface area contributed by atoms with E-state index in [0.29, 0.717) is 6.61 Å². The molecule has 6 heteroatoms. The van der Waals surface area contributed by atoms with E-state index in [4.69, 9.17) is 9.84 Å². The molecule has 114 valence electrons. The van der Waals surface area contributed by atoms with Crippen molar-refractivity contribution >= 4 is 11.9 Å². The summed E-state index contributed by atoms with van der Waals surface area (Å²) < 4.78 is 5.46. The molecule has 2 N–H and O–H groups in total. The predicted octanol–water partition coefficient (Wildman–Crippen LogP) is 0.609. The molecular weight excluding hydrogens is 260 g/mol. The number of carbonyl (C=O) groups excluding carboxylic acids is 1. The first-order chi connectivity index (χ1) is 9.60. The van der Waals surface area contributed by atoms with Crippen LogP contribution in [0.4, 0.5) is 0 Å². The first-order valence-electron chi connectivity index (χ1n) is 7.48. The lowest BCUT2D eigenvalue weighted by atomic mass is 9.85. The maximum Gasteiger partial charge on any atom is 0.317 e. The minimum Gasteiger partial charge on any atom is -0.480 e. The summed E-state index contributed by atoms with van der Waals surface area (Å²) in [5, 5.41) is 11.8. The van der Waals surface area contributed by atoms with Gasteiger partial charge >= 0.3 is 5.97 Å². The summed E-state index contributed by atoms with van der Waals surface area (Å²) in [6.45, 7) is 3.44. The Kier molecular flexibility index (Phi) is 5.37. The number of ether oxygens (including phenoxy) is 1. The van der Waals surface area contributed by atoms with Gasteiger partial charge in [0.2, 0.25) is 5.91 Å². The first-order valence-corrected chi connectivity index (χ1v) is 7.48. The summed E-state index contributed by atoms with van der Waals surface area (Å²) in [4.78, 5) is 24.7. The van der Waals surface area contributed by atoms with Crippen LogP contribution >= 0.6 is 0 Å². The monoisotopic (exact) mass is 284 g/mol. The molecule has 2 rings (SSSR count). The van der Waals surface area contributed by atoms with Crippen molar-refractivity contribution in [2.75, 3.05) is 19.7 Å². The minimum absolute atomic E-state index is 0.00515. The fourth-order valence-corrected chi connectivity index (χ4v) is 2.92. The number of carboxylic acids is 1. The van der Waals surface area contributed by atoms with Crippen molar-refractivity contribution in [3.05, 3.63) is 0 Å². The Morgan fingerprint density at radius 2 is 2.10 bits per heavy atom. The Morgan fingerprint density at radius 1 is 1.35 bits per heavy atom. The second kappa shape index (κ2) is 7.04. The normalized spacial score (nSPS) is 29.8. The van der Waals surface area contributed by atoms with E-state index in [1.807, 2.05) is 11.8 Å². The lowest BCUT2D eigenvalue weighted by molar-refractivity contribution is -0.141. The van der Waals surface area contributed by atoms with Crippen molar-refractivity contribution in [1.82, 2.24) is 10.2 Å². The van der Waals surface area contributed by atoms with Gasteiger partial charge in [0.25, 0.3) is 0 Å². The Morgan fingerprint density at radius 3 is 2.65 bits per heavy atom. The van der Waals surface area contributed by atoms with Gasteiger partial charge in [-0.05, 0) is 38.6 Å². The zero-order chi connectivity index (χ0) is 14.5. The van der Waals surface area contributed by atoms with Gasteiger partial charge in [-0.2, -0.15) is 0 Å². The second-order valence-electron chi connectivity index (χ2n) is 5.64. The smallest absolute Gasteiger partial charge is 0.317 e. The molecule has 1 heterocycles. The van der Waals surface area contributed by atoms with Crippen LogP contribution in [0.3, 0.4) is 0 Å². The average Bonchev–Trinajstić information content (AvgIpc) is 2.40. The topological polar surface area (TPSA) is 78.9 Å². The van der Waals surface area contributed by atoms with Crippen molar-refractivity contribution in [3.8, 4) is 0 Å². The van der Waals surface area contributed by atoms with Gasteiger partial charge in [0, 0.05) is 18.7 Å². The van der Waals surface area contributed by atoms with E-state index in [1.54, 1.807) is 0 Å². The zero-order valence-electron chi connectivity index (χ0n) is 12.0. The maximum atomic E-state index is 12.0. The number of carbonyl (C=O) groups is 2. The molecule has 0 aromatic heterocycles. The molecule has 1 saturated heterocycles. The summed E-state index contributed by atoms with van der Waals surface area (Å²) in [5.74, 6) is -0.802. The molecular formula is C14H24N2O4. The van der Waals surface area contributed by atoms with Crippen molar-refractivity contribution in [2.24, 2.45) is 0 Å². The molecule has 2 fully saturated rings. The van der Waals surface area contributed by atoms with Gasteiger partial charge < -0.3 is 15.2 Å². The fraction of sp³-hybridized carbons (Fsp3) is 0.857. The summed E-state index contributed by atoms with van der Waals surface area (Å²) in [6.07, 6.45) is 4.27. The highest BCUT2D eigenvalue weighted by Gasteiger charge is 2.36. The quantitative estimate of drug-likeness (QED) is 0.747. The number of amides is 1. The van der Waals surface area contributed by atoms with E-state index < -0.39 is 5.97 Å². The van der Waals surface area contributed by atoms with Crippen LogP contribution in [0.1, 0.15) is 39.0 Å². The molecule has 2 aliphatic rings. The van der Waals surface area contributed by atoms with Gasteiger partial charge in [-0.15, -0.1) is 0 Å². The number of likely N-dealkylation sites (N-methyl/N-ethyl adjacent to an activating group) is 1. The number of carboxylic acid groups (broad SMARTS) is 1. The number of hydrogen-bond acceptors (Lipinski definition) is 4. The number of nitrogens with one attached hydrogen (secondary N) is 1. The molecule has 1 atom stereocenters. The third kappa shape index (κ3) is 3.93. The van der Waals surface area contributed by atoms with Crippen LogP contribution in [0.5, 0.6) is 0 Å². The predicted molar refractivity (Wildman–Crippen MR) is 73.4 cm³/mol. The largest absolute Gasteiger partial charge is 0.480 e. The van der Waals surface area contributed by atoms with Gasteiger partial charge in [0.05, 0.1) is 6.54 Å². The number of hydrogen-bond donors (Lipinski definition) is 2. The van der Waals surface area contributed by atoms with Crippen LogP contribution in [-0.4, -0.2) is 59.8 Å². The van der Waals surface area contributed by atoms with Crippen LogP contribution in [0.15, 0.2) is 0 Å². The Labute approximate surface area is 119 Å². The lowest BCUT2D eigenvalue weighted by Gasteiger charge is -2.42. The van der Waals surface area contributed by atoms with Crippen molar-refractivity contribution in [1.29, 1.82) is 0 Å². The van der Waals surface area contributed by atoms with E-state index in [1.165, 1.54) is 0 Å². The summed E-state index contributed by atoms with van der Waals surface area (Å²) >= 11 is 0. The molecule has 0 spiro atoms. The lowest BCUT2D eigenvalue weighted by Crippen LogP contribution is -2.56. The molecule has 0 aromatic rings. The van der Waals surface area contributed by atoms with Crippen LogP contribution < -0.4 is 5.32 Å². The summed E-state index contributed by atoms with van der Waals surface area (Å²) in [6, 6.07) is 0.439. The van der Waals surface area contributed by atoms with Crippen molar-refractivity contribution in [2.45, 2.75) is 57.2 Å². The first kappa shape index (κ1) is 15.3. The van der Waals surface area contributed by atoms with E-state index in [9.17, 15) is 9.59 Å². The Balaban J connectivity index is 1.70. The molecule has 1 aliphatic carbocycles. The third-order valence-electron chi connectivity index (χ3n) is 4.19. The number of nitrogens with zero attached hydrogens (tertiary/aromatic N) is 1. The highest BCUT2D eigenvalue weighted by atomic mass is 16.5. The highest BCUT2D eigenvalue weighted by molar-refractivity contribution is 5.81. The molecule has 1 amide bonds. The van der Waals surface area contributed by atoms with Crippen LogP contribution in [-0.2, 0) is 14.3 Å². The standard InChI is InChI=1S/C14H24N2O4/c1-2-16(9-13(17)18)11-7-10(8-11)15-14(19)12-5-3-4-6-20-12/h10-12H,2-9H2,1H3,(H,15,19)(H,17,18). The molecule has 0 aromatic carbocycles. The molecule has 1 saturated carbocycles. The van der Waals surface area contributed by atoms with Crippen molar-refractivity contribution < 1.29 is 19.4 Å². The molecule has 0 radical (unpaired) electrons. The number of rotatable bonds is 6. The summed E-state index contributed by atoms with van der Waals surface area (Å²) in [7, 11) is 0. The van der Waals surface area contributed by atoms with Crippen LogP contribution in [0, 0.1) is 0 Å². The third-order valence-corrected chi connectivity index (χ3v) is 4.19. The van der Waals surface area contributed by atoms with Gasteiger partial charge in [-0.1, -0.05) is 6.92 Å². The molecule has 20 heavy (non-hydrogen) atoms. The van der Waals surface area contributed by atoms with Crippen LogP contribution in [0.2, 0.25) is 0 Å². The van der Waals surface area contributed by atoms with E-state index in [-0.39, 0.29) is 30.6 Å². The fourth-order valence-electron chi connectivity index (χ4n) is 2.92. The maximum absolute atomic E-state index is 12.0. The van der Waals surface area contributed by atoms with Gasteiger partial charge in [0.15, 0.2) is 0 Å². The van der Waals surface area contributed by atoms with Gasteiger partial charge in [0.1, 0.15) is 6.10 Å². The molecule has 1 aliphatic heterocycles. The zero-order valence-corrected chi connectivity index (χ0v) is 12.0. The Hall–Kier alpha value is -1.14. The van der Waals surface area contributed by atoms with Gasteiger partial charge in [-0.3, -0.25) is 14.5 Å². The minimum atomic E-state index is -0.796. The van der Waals surface area contributed by atoms with E-state index >= 15 is 0 Å².